The number of esters is 2. The van der Waals surface area contributed by atoms with E-state index in [2.05, 4.69) is 0 Å². The van der Waals surface area contributed by atoms with Crippen LogP contribution in [0.1, 0.15) is 17.5 Å². The average molecular weight is 462 g/mol. The van der Waals surface area contributed by atoms with Gasteiger partial charge >= 0.3 is 11.9 Å². The Bertz CT molecular complexity index is 1050. The maximum Gasteiger partial charge on any atom is 0.310 e. The molecule has 32 heavy (non-hydrogen) atoms. The normalized spacial score (nSPS) is 17.5. The van der Waals surface area contributed by atoms with Crippen molar-refractivity contribution in [2.24, 2.45) is 5.92 Å². The lowest BCUT2D eigenvalue weighted by Crippen LogP contribution is -2.30. The van der Waals surface area contributed by atoms with Gasteiger partial charge in [0.05, 0.1) is 37.0 Å². The van der Waals surface area contributed by atoms with E-state index >= 15 is 0 Å². The minimum absolute atomic E-state index is 0.208. The summed E-state index contributed by atoms with van der Waals surface area (Å²) in [6.45, 7) is 2.70. The quantitative estimate of drug-likeness (QED) is 0.431. The van der Waals surface area contributed by atoms with Crippen LogP contribution in [0.3, 0.4) is 0 Å². The van der Waals surface area contributed by atoms with Crippen LogP contribution in [0.2, 0.25) is 0 Å². The number of benzene rings is 2. The zero-order valence-corrected chi connectivity index (χ0v) is 19.0. The third kappa shape index (κ3) is 5.38. The summed E-state index contributed by atoms with van der Waals surface area (Å²) in [5.41, 5.74) is 3.59. The van der Waals surface area contributed by atoms with Crippen molar-refractivity contribution in [1.82, 2.24) is 0 Å². The Morgan fingerprint density at radius 3 is 2.28 bits per heavy atom. The van der Waals surface area contributed by atoms with E-state index in [1.807, 2.05) is 38.1 Å². The summed E-state index contributed by atoms with van der Waals surface area (Å²) in [7, 11) is -3.62. The number of hydrogen-bond donors (Lipinski definition) is 2. The van der Waals surface area contributed by atoms with Crippen molar-refractivity contribution in [2.75, 3.05) is 32.6 Å². The molecular weight excluding hydrogens is 435 g/mol. The van der Waals surface area contributed by atoms with Crippen molar-refractivity contribution < 1.29 is 38.4 Å². The Labute approximate surface area is 186 Å². The molecule has 1 aliphatic rings. The summed E-state index contributed by atoms with van der Waals surface area (Å²) in [5, 5.41) is 18.3. The maximum atomic E-state index is 14.1. The third-order valence-corrected chi connectivity index (χ3v) is 7.62. The van der Waals surface area contributed by atoms with E-state index in [1.54, 1.807) is 12.1 Å². The molecule has 0 bridgehead atoms. The zero-order valence-electron chi connectivity index (χ0n) is 18.1. The zero-order chi connectivity index (χ0) is 23.3. The van der Waals surface area contributed by atoms with E-state index in [0.29, 0.717) is 11.1 Å². The lowest BCUT2D eigenvalue weighted by molar-refractivity contribution is -0.155. The highest BCUT2D eigenvalue weighted by Gasteiger charge is 2.41. The molecule has 2 aromatic rings. The molecule has 0 saturated heterocycles. The average Bonchev–Trinajstić information content (AvgIpc) is 2.76. The second-order valence-electron chi connectivity index (χ2n) is 7.70. The number of hydrogen-bond acceptors (Lipinski definition) is 8. The van der Waals surface area contributed by atoms with Gasteiger partial charge in [-0.15, -0.1) is 0 Å². The van der Waals surface area contributed by atoms with Crippen LogP contribution in [0, 0.1) is 19.8 Å². The fourth-order valence-corrected chi connectivity index (χ4v) is 6.20. The molecule has 8 nitrogen and oxygen atoms in total. The van der Waals surface area contributed by atoms with Crippen molar-refractivity contribution >= 4 is 24.6 Å². The fraction of sp³-hybridized carbons (Fsp3) is 0.391. The standard InChI is InChI=1S/C23H27O8P/c1-15-3-5-20-18(11-15)19-12-16(2)4-6-21(19)32(28,31-20)14-17(23(27)30-10-8-25)13-22(26)29-9-7-24/h3-6,11-12,17,24-25H,7-10,13-14H2,1-2H3. The van der Waals surface area contributed by atoms with Crippen LogP contribution < -0.4 is 9.83 Å². The topological polar surface area (TPSA) is 119 Å². The summed E-state index contributed by atoms with van der Waals surface area (Å²) in [6.07, 6.45) is -0.658. The number of carbonyl (C=O) groups is 2. The molecule has 9 heteroatoms. The largest absolute Gasteiger partial charge is 0.463 e. The van der Waals surface area contributed by atoms with Gasteiger partial charge in [-0.05, 0) is 37.6 Å². The van der Waals surface area contributed by atoms with Crippen LogP contribution in [0.15, 0.2) is 36.4 Å². The van der Waals surface area contributed by atoms with Gasteiger partial charge in [-0.1, -0.05) is 29.3 Å². The van der Waals surface area contributed by atoms with Crippen molar-refractivity contribution in [3.63, 3.8) is 0 Å². The summed E-state index contributed by atoms with van der Waals surface area (Å²) >= 11 is 0. The number of aliphatic hydroxyl groups excluding tert-OH is 2. The molecule has 2 N–H and O–H groups in total. The molecule has 0 aliphatic carbocycles. The number of fused-ring (bicyclic) bond motifs is 3. The maximum absolute atomic E-state index is 14.1. The first-order chi connectivity index (χ1) is 15.3. The van der Waals surface area contributed by atoms with Crippen molar-refractivity contribution in [2.45, 2.75) is 20.3 Å². The molecule has 0 spiro atoms. The van der Waals surface area contributed by atoms with Crippen LogP contribution in [0.4, 0.5) is 0 Å². The molecule has 0 saturated carbocycles. The van der Waals surface area contributed by atoms with Gasteiger partial charge in [-0.25, -0.2) is 0 Å². The Morgan fingerprint density at radius 1 is 0.969 bits per heavy atom. The fourth-order valence-electron chi connectivity index (χ4n) is 3.64. The first-order valence-corrected chi connectivity index (χ1v) is 12.1. The van der Waals surface area contributed by atoms with Crippen molar-refractivity contribution in [1.29, 1.82) is 0 Å². The molecule has 2 atom stereocenters. The van der Waals surface area contributed by atoms with Crippen LogP contribution in [-0.2, 0) is 23.6 Å². The summed E-state index contributed by atoms with van der Waals surface area (Å²) in [4.78, 5) is 24.8. The summed E-state index contributed by atoms with van der Waals surface area (Å²) in [5.74, 6) is -2.17. The number of carbonyl (C=O) groups excluding carboxylic acids is 2. The van der Waals surface area contributed by atoms with Crippen LogP contribution in [0.5, 0.6) is 5.75 Å². The second kappa shape index (κ2) is 10.3. The minimum Gasteiger partial charge on any atom is -0.463 e. The molecule has 172 valence electrons. The monoisotopic (exact) mass is 462 g/mol. The number of ether oxygens (including phenoxy) is 2. The third-order valence-electron chi connectivity index (χ3n) is 5.09. The molecular formula is C23H27O8P. The van der Waals surface area contributed by atoms with E-state index in [-0.39, 0.29) is 39.0 Å². The lowest BCUT2D eigenvalue weighted by atomic mass is 10.0. The van der Waals surface area contributed by atoms with Crippen LogP contribution >= 0.6 is 7.37 Å². The van der Waals surface area contributed by atoms with E-state index in [0.717, 1.165) is 22.3 Å². The molecule has 0 radical (unpaired) electrons. The molecule has 1 aliphatic heterocycles. The van der Waals surface area contributed by atoms with Crippen LogP contribution in [0.25, 0.3) is 11.1 Å². The van der Waals surface area contributed by atoms with Gasteiger partial charge in [0.25, 0.3) is 7.37 Å². The van der Waals surface area contributed by atoms with E-state index in [4.69, 9.17) is 24.2 Å². The summed E-state index contributed by atoms with van der Waals surface area (Å²) in [6, 6.07) is 11.0. The van der Waals surface area contributed by atoms with Gasteiger partial charge in [0.1, 0.15) is 19.0 Å². The molecule has 0 aromatic heterocycles. The highest BCUT2D eigenvalue weighted by Crippen LogP contribution is 2.56. The first-order valence-electron chi connectivity index (χ1n) is 10.3. The molecule has 2 aromatic carbocycles. The number of rotatable bonds is 9. The Kier molecular flexibility index (Phi) is 7.72. The molecule has 0 fully saturated rings. The highest BCUT2D eigenvalue weighted by molar-refractivity contribution is 7.67. The Morgan fingerprint density at radius 2 is 1.59 bits per heavy atom. The highest BCUT2D eigenvalue weighted by atomic mass is 31.2. The van der Waals surface area contributed by atoms with Crippen LogP contribution in [-0.4, -0.2) is 54.7 Å². The van der Waals surface area contributed by atoms with Gasteiger partial charge in [0.2, 0.25) is 0 Å². The summed E-state index contributed by atoms with van der Waals surface area (Å²) < 4.78 is 30.0. The second-order valence-corrected chi connectivity index (χ2v) is 10.1. The number of aliphatic hydroxyl groups is 2. The lowest BCUT2D eigenvalue weighted by Gasteiger charge is -2.31. The van der Waals surface area contributed by atoms with Gasteiger partial charge < -0.3 is 24.2 Å². The number of aryl methyl sites for hydroxylation is 2. The predicted molar refractivity (Wildman–Crippen MR) is 118 cm³/mol. The van der Waals surface area contributed by atoms with Gasteiger partial charge in [-0.3, -0.25) is 14.2 Å². The molecule has 1 heterocycles. The minimum atomic E-state index is -3.62. The van der Waals surface area contributed by atoms with Gasteiger partial charge in [0, 0.05) is 5.56 Å². The van der Waals surface area contributed by atoms with E-state index in [9.17, 15) is 14.2 Å². The van der Waals surface area contributed by atoms with E-state index < -0.39 is 25.2 Å². The van der Waals surface area contributed by atoms with E-state index in [1.165, 1.54) is 0 Å². The Balaban J connectivity index is 1.97. The first kappa shape index (κ1) is 24.0. The van der Waals surface area contributed by atoms with Crippen molar-refractivity contribution in [3.8, 4) is 16.9 Å². The SMILES string of the molecule is Cc1ccc2c(c1)-c1cc(C)ccc1P(=O)(CC(CC(=O)OCCO)C(=O)OCCO)O2. The Hall–Kier alpha value is -2.67. The van der Waals surface area contributed by atoms with Gasteiger partial charge in [-0.2, -0.15) is 0 Å². The molecule has 3 rings (SSSR count). The molecule has 2 unspecified atom stereocenters. The smallest absolute Gasteiger partial charge is 0.310 e. The van der Waals surface area contributed by atoms with Gasteiger partial charge in [0.15, 0.2) is 0 Å². The van der Waals surface area contributed by atoms with Crippen molar-refractivity contribution in [3.05, 3.63) is 47.5 Å². The predicted octanol–water partition coefficient (Wildman–Crippen LogP) is 2.34. The molecule has 0 amide bonds.